The van der Waals surface area contributed by atoms with Crippen LogP contribution < -0.4 is 0 Å². The van der Waals surface area contributed by atoms with E-state index in [-0.39, 0.29) is 0 Å². The maximum Gasteiger partial charge on any atom is 0.0346 e. The molecule has 2 nitrogen and oxygen atoms in total. The highest BCUT2D eigenvalue weighted by molar-refractivity contribution is 5.84. The van der Waals surface area contributed by atoms with Crippen molar-refractivity contribution in [3.63, 3.8) is 0 Å². The van der Waals surface area contributed by atoms with Gasteiger partial charge in [0.2, 0.25) is 0 Å². The zero-order chi connectivity index (χ0) is 19.1. The van der Waals surface area contributed by atoms with Crippen LogP contribution in [0.2, 0.25) is 0 Å². The molecule has 0 aliphatic rings. The standard InChI is InChI=1S/C22H20N2.C2H6/c1-15-11-22(18(4)20-8-6-10-24-14-20)16(2)12-21(15)17(3)19-7-5-9-23-13-19;1-2/h5-14H,3-4H2,1-2H3;1-2H3. The minimum absolute atomic E-state index is 0.988. The molecule has 0 N–H and O–H groups in total. The van der Waals surface area contributed by atoms with Crippen LogP contribution in [-0.4, -0.2) is 9.97 Å². The minimum atomic E-state index is 0.988. The fraction of sp³-hybridized carbons (Fsp3) is 0.167. The zero-order valence-electron chi connectivity index (χ0n) is 16.1. The molecule has 2 aromatic heterocycles. The van der Waals surface area contributed by atoms with E-state index < -0.39 is 0 Å². The van der Waals surface area contributed by atoms with E-state index in [0.717, 1.165) is 33.4 Å². The van der Waals surface area contributed by atoms with Crippen LogP contribution in [0.15, 0.2) is 74.3 Å². The molecule has 3 rings (SSSR count). The lowest BCUT2D eigenvalue weighted by atomic mass is 9.89. The summed E-state index contributed by atoms with van der Waals surface area (Å²) < 4.78 is 0. The van der Waals surface area contributed by atoms with Gasteiger partial charge in [0, 0.05) is 35.9 Å². The van der Waals surface area contributed by atoms with E-state index in [0.29, 0.717) is 0 Å². The predicted molar refractivity (Wildman–Crippen MR) is 112 cm³/mol. The smallest absolute Gasteiger partial charge is 0.0346 e. The van der Waals surface area contributed by atoms with Crippen LogP contribution in [0.4, 0.5) is 0 Å². The summed E-state index contributed by atoms with van der Waals surface area (Å²) in [7, 11) is 0. The molecule has 26 heavy (non-hydrogen) atoms. The molecule has 3 aromatic rings. The quantitative estimate of drug-likeness (QED) is 0.560. The number of pyridine rings is 2. The highest BCUT2D eigenvalue weighted by atomic mass is 14.6. The highest BCUT2D eigenvalue weighted by Crippen LogP contribution is 2.31. The lowest BCUT2D eigenvalue weighted by Crippen LogP contribution is -1.97. The summed E-state index contributed by atoms with van der Waals surface area (Å²) >= 11 is 0. The summed E-state index contributed by atoms with van der Waals surface area (Å²) in [5, 5.41) is 0. The van der Waals surface area contributed by atoms with Crippen LogP contribution in [-0.2, 0) is 0 Å². The van der Waals surface area contributed by atoms with E-state index in [1.54, 1.807) is 12.4 Å². The van der Waals surface area contributed by atoms with E-state index in [9.17, 15) is 0 Å². The normalized spacial score (nSPS) is 9.85. The Hall–Kier alpha value is -3.00. The summed E-state index contributed by atoms with van der Waals surface area (Å²) in [5.41, 5.74) is 8.69. The first-order valence-electron chi connectivity index (χ1n) is 8.88. The Balaban J connectivity index is 0.00000117. The van der Waals surface area contributed by atoms with Gasteiger partial charge in [-0.2, -0.15) is 0 Å². The van der Waals surface area contributed by atoms with Gasteiger partial charge in [0.15, 0.2) is 0 Å². The molecule has 0 amide bonds. The summed E-state index contributed by atoms with van der Waals surface area (Å²) in [6, 6.07) is 12.3. The van der Waals surface area contributed by atoms with Crippen molar-refractivity contribution in [2.75, 3.05) is 0 Å². The zero-order valence-corrected chi connectivity index (χ0v) is 16.1. The Morgan fingerprint density at radius 1 is 0.731 bits per heavy atom. The third-order valence-corrected chi connectivity index (χ3v) is 4.24. The van der Waals surface area contributed by atoms with Crippen LogP contribution in [0.3, 0.4) is 0 Å². The van der Waals surface area contributed by atoms with E-state index >= 15 is 0 Å². The second-order valence-corrected chi connectivity index (χ2v) is 5.92. The van der Waals surface area contributed by atoms with E-state index in [2.05, 4.69) is 49.1 Å². The molecule has 0 saturated carbocycles. The average molecular weight is 342 g/mol. The van der Waals surface area contributed by atoms with Crippen molar-refractivity contribution in [2.45, 2.75) is 27.7 Å². The molecule has 0 bridgehead atoms. The molecule has 0 fully saturated rings. The Morgan fingerprint density at radius 3 is 1.42 bits per heavy atom. The van der Waals surface area contributed by atoms with Gasteiger partial charge in [0.05, 0.1) is 0 Å². The van der Waals surface area contributed by atoms with Gasteiger partial charge in [0.1, 0.15) is 0 Å². The monoisotopic (exact) mass is 342 g/mol. The number of aryl methyl sites for hydroxylation is 2. The number of rotatable bonds is 4. The van der Waals surface area contributed by atoms with Crippen LogP contribution >= 0.6 is 0 Å². The average Bonchev–Trinajstić information content (AvgIpc) is 2.71. The molecule has 0 aliphatic heterocycles. The third-order valence-electron chi connectivity index (χ3n) is 4.24. The molecule has 0 unspecified atom stereocenters. The molecule has 1 aromatic carbocycles. The molecule has 2 heteroatoms. The fourth-order valence-electron chi connectivity index (χ4n) is 2.86. The Morgan fingerprint density at radius 2 is 1.12 bits per heavy atom. The lowest BCUT2D eigenvalue weighted by molar-refractivity contribution is 1.28. The molecule has 0 aliphatic carbocycles. The van der Waals surface area contributed by atoms with Crippen molar-refractivity contribution < 1.29 is 0 Å². The maximum atomic E-state index is 4.26. The number of hydrogen-bond donors (Lipinski definition) is 0. The van der Waals surface area contributed by atoms with Crippen molar-refractivity contribution in [3.05, 3.63) is 108 Å². The van der Waals surface area contributed by atoms with E-state index in [1.807, 2.05) is 50.5 Å². The van der Waals surface area contributed by atoms with Gasteiger partial charge in [0.25, 0.3) is 0 Å². The number of aromatic nitrogens is 2. The van der Waals surface area contributed by atoms with Crippen molar-refractivity contribution >= 4 is 11.1 Å². The molecule has 0 radical (unpaired) electrons. The van der Waals surface area contributed by atoms with Crippen molar-refractivity contribution in [3.8, 4) is 0 Å². The molecule has 0 atom stereocenters. The first-order valence-corrected chi connectivity index (χ1v) is 8.88. The molecule has 0 spiro atoms. The maximum absolute atomic E-state index is 4.26. The summed E-state index contributed by atoms with van der Waals surface area (Å²) in [5.74, 6) is 0. The predicted octanol–water partition coefficient (Wildman–Crippen LogP) is 6.24. The van der Waals surface area contributed by atoms with Gasteiger partial charge in [-0.05, 0) is 59.4 Å². The van der Waals surface area contributed by atoms with Gasteiger partial charge in [-0.25, -0.2) is 0 Å². The van der Waals surface area contributed by atoms with Gasteiger partial charge in [-0.15, -0.1) is 0 Å². The molecule has 2 heterocycles. The van der Waals surface area contributed by atoms with Gasteiger partial charge in [-0.3, -0.25) is 9.97 Å². The fourth-order valence-corrected chi connectivity index (χ4v) is 2.86. The van der Waals surface area contributed by atoms with E-state index in [4.69, 9.17) is 0 Å². The van der Waals surface area contributed by atoms with Gasteiger partial charge >= 0.3 is 0 Å². The third kappa shape index (κ3) is 4.15. The Labute approximate surface area is 157 Å². The number of benzene rings is 1. The van der Waals surface area contributed by atoms with Crippen LogP contribution in [0, 0.1) is 13.8 Å². The Bertz CT molecular complexity index is 817. The summed E-state index contributed by atoms with van der Waals surface area (Å²) in [6.07, 6.45) is 7.24. The Kier molecular flexibility index (Phi) is 6.62. The summed E-state index contributed by atoms with van der Waals surface area (Å²) in [4.78, 5) is 8.37. The van der Waals surface area contributed by atoms with E-state index in [1.165, 1.54) is 11.1 Å². The second-order valence-electron chi connectivity index (χ2n) is 5.92. The number of nitrogens with zero attached hydrogens (tertiary/aromatic N) is 2. The van der Waals surface area contributed by atoms with Crippen molar-refractivity contribution in [1.82, 2.24) is 9.97 Å². The summed E-state index contributed by atoms with van der Waals surface area (Å²) in [6.45, 7) is 16.7. The lowest BCUT2D eigenvalue weighted by Gasteiger charge is -2.16. The SMILES string of the molecule is C=C(c1cccnc1)c1cc(C)c(C(=C)c2cccnc2)cc1C.CC. The largest absolute Gasteiger partial charge is 0.264 e. The topological polar surface area (TPSA) is 25.8 Å². The molecular formula is C24H26N2. The molecule has 132 valence electrons. The van der Waals surface area contributed by atoms with Gasteiger partial charge in [-0.1, -0.05) is 51.3 Å². The first kappa shape index (κ1) is 19.3. The minimum Gasteiger partial charge on any atom is -0.264 e. The van der Waals surface area contributed by atoms with Crippen molar-refractivity contribution in [2.24, 2.45) is 0 Å². The number of hydrogen-bond acceptors (Lipinski definition) is 2. The van der Waals surface area contributed by atoms with Crippen molar-refractivity contribution in [1.29, 1.82) is 0 Å². The second kappa shape index (κ2) is 8.91. The van der Waals surface area contributed by atoms with Crippen LogP contribution in [0.1, 0.15) is 47.2 Å². The highest BCUT2D eigenvalue weighted by Gasteiger charge is 2.12. The van der Waals surface area contributed by atoms with Gasteiger partial charge < -0.3 is 0 Å². The first-order chi connectivity index (χ1) is 12.6. The molecule has 0 saturated heterocycles. The van der Waals surface area contributed by atoms with Crippen LogP contribution in [0.25, 0.3) is 11.1 Å². The van der Waals surface area contributed by atoms with Crippen LogP contribution in [0.5, 0.6) is 0 Å². The molecular weight excluding hydrogens is 316 g/mol.